The van der Waals surface area contributed by atoms with E-state index in [1.165, 1.54) is 18.3 Å². The van der Waals surface area contributed by atoms with Crippen molar-refractivity contribution in [3.8, 4) is 5.75 Å². The van der Waals surface area contributed by atoms with Crippen molar-refractivity contribution in [2.45, 2.75) is 47.6 Å². The number of nitrogens with one attached hydrogen (secondary N) is 2. The van der Waals surface area contributed by atoms with Crippen LogP contribution >= 0.6 is 11.3 Å². The van der Waals surface area contributed by atoms with E-state index in [1.807, 2.05) is 45.0 Å². The minimum Gasteiger partial charge on any atom is -0.479 e. The van der Waals surface area contributed by atoms with Crippen LogP contribution in [0, 0.1) is 20.8 Å². The smallest absolute Gasteiger partial charge is 0.341 e. The average molecular weight is 469 g/mol. The van der Waals surface area contributed by atoms with Gasteiger partial charge in [-0.2, -0.15) is 0 Å². The lowest BCUT2D eigenvalue weighted by Crippen LogP contribution is -2.30. The quantitative estimate of drug-likeness (QED) is 0.455. The fourth-order valence-corrected chi connectivity index (χ4v) is 4.78. The molecule has 7 nitrogen and oxygen atoms in total. The number of ether oxygens (including phenoxy) is 2. The number of anilines is 2. The van der Waals surface area contributed by atoms with Crippen LogP contribution in [-0.4, -0.2) is 30.5 Å². The van der Waals surface area contributed by atoms with Crippen molar-refractivity contribution in [3.63, 3.8) is 0 Å². The Labute approximate surface area is 197 Å². The van der Waals surface area contributed by atoms with Crippen LogP contribution in [0.1, 0.15) is 47.8 Å². The predicted molar refractivity (Wildman–Crippen MR) is 131 cm³/mol. The van der Waals surface area contributed by atoms with Crippen LogP contribution in [0.2, 0.25) is 0 Å². The van der Waals surface area contributed by atoms with Gasteiger partial charge in [-0.05, 0) is 51.3 Å². The maximum absolute atomic E-state index is 12.9. The molecule has 2 N–H and O–H groups in total. The summed E-state index contributed by atoms with van der Waals surface area (Å²) in [4.78, 5) is 37.3. The van der Waals surface area contributed by atoms with Gasteiger partial charge in [0.2, 0.25) is 5.91 Å². The van der Waals surface area contributed by atoms with Crippen molar-refractivity contribution in [3.05, 3.63) is 52.6 Å². The van der Waals surface area contributed by atoms with E-state index in [0.29, 0.717) is 20.8 Å². The Morgan fingerprint density at radius 2 is 1.67 bits per heavy atom. The third kappa shape index (κ3) is 5.17. The molecule has 1 aromatic heterocycles. The predicted octanol–water partition coefficient (Wildman–Crippen LogP) is 5.37. The number of hydrogen-bond donors (Lipinski definition) is 2. The van der Waals surface area contributed by atoms with E-state index in [4.69, 9.17) is 9.47 Å². The Kier molecular flexibility index (Phi) is 7.38. The molecule has 2 amide bonds. The highest BCUT2D eigenvalue weighted by Crippen LogP contribution is 2.43. The Morgan fingerprint density at radius 3 is 2.27 bits per heavy atom. The van der Waals surface area contributed by atoms with Crippen molar-refractivity contribution in [1.29, 1.82) is 0 Å². The number of para-hydroxylation sites is 1. The Bertz CT molecular complexity index is 1210. The summed E-state index contributed by atoms with van der Waals surface area (Å²) in [5.41, 5.74) is 3.78. The Balaban J connectivity index is 1.98. The number of aryl methyl sites for hydroxylation is 3. The molecule has 1 atom stereocenters. The van der Waals surface area contributed by atoms with E-state index in [2.05, 4.69) is 10.6 Å². The van der Waals surface area contributed by atoms with Gasteiger partial charge in [0.1, 0.15) is 16.3 Å². The van der Waals surface area contributed by atoms with Gasteiger partial charge in [0.15, 0.2) is 6.10 Å². The molecule has 0 radical (unpaired) electrons. The third-order valence-electron chi connectivity index (χ3n) is 5.17. The highest BCUT2D eigenvalue weighted by Gasteiger charge is 2.26. The fourth-order valence-electron chi connectivity index (χ4n) is 3.50. The standard InChI is InChI=1S/C25H28N2O5S/c1-7-31-25(30)19-18-12-11-15(4)21(22(18)33-24(19)26-17(6)28)32-16(5)23(29)27-20-13(2)9-8-10-14(20)3/h8-12,16H,7H2,1-6H3,(H,26,28)(H,27,29)/t16-/m0/s1. The normalized spacial score (nSPS) is 11.7. The zero-order chi connectivity index (χ0) is 24.3. The van der Waals surface area contributed by atoms with Crippen molar-refractivity contribution >= 4 is 49.9 Å². The summed E-state index contributed by atoms with van der Waals surface area (Å²) in [6, 6.07) is 9.43. The van der Waals surface area contributed by atoms with Crippen LogP contribution in [0.4, 0.5) is 10.7 Å². The molecule has 0 spiro atoms. The zero-order valence-corrected chi connectivity index (χ0v) is 20.4. The lowest BCUT2D eigenvalue weighted by atomic mass is 10.1. The van der Waals surface area contributed by atoms with E-state index in [-0.39, 0.29) is 24.0 Å². The Hall–Kier alpha value is -3.39. The lowest BCUT2D eigenvalue weighted by molar-refractivity contribution is -0.122. The molecule has 0 unspecified atom stereocenters. The first kappa shape index (κ1) is 24.3. The maximum Gasteiger partial charge on any atom is 0.341 e. The van der Waals surface area contributed by atoms with E-state index >= 15 is 0 Å². The molecule has 3 rings (SSSR count). The van der Waals surface area contributed by atoms with Gasteiger partial charge in [-0.3, -0.25) is 9.59 Å². The van der Waals surface area contributed by atoms with Gasteiger partial charge in [0.05, 0.1) is 11.3 Å². The second-order valence-corrected chi connectivity index (χ2v) is 8.83. The molecule has 0 aliphatic heterocycles. The summed E-state index contributed by atoms with van der Waals surface area (Å²) in [5, 5.41) is 6.66. The van der Waals surface area contributed by atoms with Gasteiger partial charge in [-0.15, -0.1) is 11.3 Å². The molecular weight excluding hydrogens is 440 g/mol. The molecule has 0 aliphatic carbocycles. The topological polar surface area (TPSA) is 93.7 Å². The molecule has 0 bridgehead atoms. The van der Waals surface area contributed by atoms with Gasteiger partial charge < -0.3 is 20.1 Å². The minimum absolute atomic E-state index is 0.209. The number of thiophene rings is 1. The lowest BCUT2D eigenvalue weighted by Gasteiger charge is -2.18. The van der Waals surface area contributed by atoms with Crippen molar-refractivity contribution in [2.24, 2.45) is 0 Å². The fraction of sp³-hybridized carbons (Fsp3) is 0.320. The number of rotatable bonds is 7. The maximum atomic E-state index is 12.9. The van der Waals surface area contributed by atoms with Crippen molar-refractivity contribution in [1.82, 2.24) is 0 Å². The van der Waals surface area contributed by atoms with Crippen LogP contribution in [0.25, 0.3) is 10.1 Å². The van der Waals surface area contributed by atoms with E-state index in [9.17, 15) is 14.4 Å². The first-order chi connectivity index (χ1) is 15.6. The summed E-state index contributed by atoms with van der Waals surface area (Å²) in [6.07, 6.45) is -0.800. The van der Waals surface area contributed by atoms with Gasteiger partial charge in [0, 0.05) is 18.0 Å². The molecule has 0 saturated heterocycles. The summed E-state index contributed by atoms with van der Waals surface area (Å²) < 4.78 is 12.0. The summed E-state index contributed by atoms with van der Waals surface area (Å²) >= 11 is 1.22. The van der Waals surface area contributed by atoms with Gasteiger partial charge in [0.25, 0.3) is 5.91 Å². The van der Waals surface area contributed by atoms with Crippen LogP contribution in [-0.2, 0) is 14.3 Å². The van der Waals surface area contributed by atoms with Crippen molar-refractivity contribution in [2.75, 3.05) is 17.2 Å². The summed E-state index contributed by atoms with van der Waals surface area (Å²) in [5.74, 6) is -0.618. The van der Waals surface area contributed by atoms with Crippen molar-refractivity contribution < 1.29 is 23.9 Å². The van der Waals surface area contributed by atoms with Gasteiger partial charge >= 0.3 is 5.97 Å². The Morgan fingerprint density at radius 1 is 1.00 bits per heavy atom. The molecule has 0 saturated carbocycles. The SMILES string of the molecule is CCOC(=O)c1c(NC(C)=O)sc2c(O[C@@H](C)C(=O)Nc3c(C)cccc3C)c(C)ccc12. The average Bonchev–Trinajstić information content (AvgIpc) is 3.10. The third-order valence-corrected chi connectivity index (χ3v) is 6.29. The first-order valence-electron chi connectivity index (χ1n) is 10.7. The number of fused-ring (bicyclic) bond motifs is 1. The van der Waals surface area contributed by atoms with Crippen LogP contribution in [0.15, 0.2) is 30.3 Å². The van der Waals surface area contributed by atoms with Gasteiger partial charge in [-0.1, -0.05) is 30.3 Å². The molecule has 33 heavy (non-hydrogen) atoms. The van der Waals surface area contributed by atoms with E-state index in [0.717, 1.165) is 22.4 Å². The first-order valence-corrected chi connectivity index (χ1v) is 11.5. The molecular formula is C25H28N2O5S. The van der Waals surface area contributed by atoms with Crippen LogP contribution < -0.4 is 15.4 Å². The summed E-state index contributed by atoms with van der Waals surface area (Å²) in [6.45, 7) is 10.7. The van der Waals surface area contributed by atoms with Gasteiger partial charge in [-0.25, -0.2) is 4.79 Å². The monoisotopic (exact) mass is 468 g/mol. The van der Waals surface area contributed by atoms with E-state index < -0.39 is 12.1 Å². The molecule has 174 valence electrons. The molecule has 8 heteroatoms. The second-order valence-electron chi connectivity index (χ2n) is 7.81. The number of amides is 2. The largest absolute Gasteiger partial charge is 0.479 e. The number of carbonyl (C=O) groups excluding carboxylic acids is 3. The van der Waals surface area contributed by atoms with Crippen LogP contribution in [0.3, 0.4) is 0 Å². The molecule has 2 aromatic carbocycles. The zero-order valence-electron chi connectivity index (χ0n) is 19.6. The highest BCUT2D eigenvalue weighted by atomic mass is 32.1. The highest BCUT2D eigenvalue weighted by molar-refractivity contribution is 7.24. The minimum atomic E-state index is -0.800. The number of carbonyl (C=O) groups is 3. The number of benzene rings is 2. The van der Waals surface area contributed by atoms with Crippen LogP contribution in [0.5, 0.6) is 5.75 Å². The number of esters is 1. The molecule has 1 heterocycles. The molecule has 0 fully saturated rings. The summed E-state index contributed by atoms with van der Waals surface area (Å²) in [7, 11) is 0. The molecule has 3 aromatic rings. The van der Waals surface area contributed by atoms with E-state index in [1.54, 1.807) is 19.9 Å². The second kappa shape index (κ2) is 10.0. The molecule has 0 aliphatic rings. The number of hydrogen-bond acceptors (Lipinski definition) is 6.